The van der Waals surface area contributed by atoms with Crippen LogP contribution in [0.2, 0.25) is 0 Å². The molecule has 0 spiro atoms. The Kier molecular flexibility index (Phi) is 2.12. The van der Waals surface area contributed by atoms with Crippen LogP contribution in [-0.4, -0.2) is 39.0 Å². The van der Waals surface area contributed by atoms with Gasteiger partial charge in [0.1, 0.15) is 12.0 Å². The molecule has 0 aliphatic carbocycles. The summed E-state index contributed by atoms with van der Waals surface area (Å²) >= 11 is 0. The lowest BCUT2D eigenvalue weighted by Gasteiger charge is -2.36. The van der Waals surface area contributed by atoms with Gasteiger partial charge in [-0.1, -0.05) is 5.21 Å². The summed E-state index contributed by atoms with van der Waals surface area (Å²) in [6, 6.07) is 0. The van der Waals surface area contributed by atoms with Crippen LogP contribution in [0.4, 0.5) is 0 Å². The molecular formula is C10H15N4O2. The number of aliphatic imine (C=N–C) groups is 2. The second-order valence-corrected chi connectivity index (χ2v) is 4.96. The third kappa shape index (κ3) is 1.14. The molecule has 1 radical (unpaired) electrons. The van der Waals surface area contributed by atoms with E-state index in [-0.39, 0.29) is 5.82 Å². The lowest BCUT2D eigenvalue weighted by molar-refractivity contribution is -0.181. The number of hydrogen-bond acceptors (Lipinski definition) is 5. The Balaban J connectivity index is 2.56. The molecule has 1 saturated heterocycles. The van der Waals surface area contributed by atoms with Crippen molar-refractivity contribution < 1.29 is 10.4 Å². The van der Waals surface area contributed by atoms with Gasteiger partial charge in [0.05, 0.1) is 17.3 Å². The SMILES string of the molecule is CC1(C)N([O])/C(=C2\C=NC=N2)N(O)C1(C)C. The van der Waals surface area contributed by atoms with Gasteiger partial charge in [-0.25, -0.2) is 15.0 Å². The van der Waals surface area contributed by atoms with Crippen molar-refractivity contribution in [3.63, 3.8) is 0 Å². The predicted molar refractivity (Wildman–Crippen MR) is 58.3 cm³/mol. The molecule has 0 saturated carbocycles. The monoisotopic (exact) mass is 223 g/mol. The number of hydrogen-bond donors (Lipinski definition) is 1. The minimum absolute atomic E-state index is 0.146. The van der Waals surface area contributed by atoms with Crippen LogP contribution in [-0.2, 0) is 5.21 Å². The maximum Gasteiger partial charge on any atom is 0.184 e. The summed E-state index contributed by atoms with van der Waals surface area (Å²) in [4.78, 5) is 7.73. The van der Waals surface area contributed by atoms with E-state index >= 15 is 0 Å². The van der Waals surface area contributed by atoms with Gasteiger partial charge in [-0.2, -0.15) is 5.06 Å². The Bertz CT molecular complexity index is 373. The van der Waals surface area contributed by atoms with Crippen LogP contribution in [0.15, 0.2) is 21.5 Å². The zero-order chi connectivity index (χ0) is 12.1. The van der Waals surface area contributed by atoms with Gasteiger partial charge in [0.25, 0.3) is 0 Å². The van der Waals surface area contributed by atoms with E-state index in [0.717, 1.165) is 10.1 Å². The minimum Gasteiger partial charge on any atom is -0.286 e. The summed E-state index contributed by atoms with van der Waals surface area (Å²) < 4.78 is 0. The molecule has 16 heavy (non-hydrogen) atoms. The van der Waals surface area contributed by atoms with Gasteiger partial charge >= 0.3 is 0 Å². The van der Waals surface area contributed by atoms with E-state index in [1.165, 1.54) is 12.6 Å². The molecule has 2 rings (SSSR count). The van der Waals surface area contributed by atoms with E-state index in [1.54, 1.807) is 27.7 Å². The fraction of sp³-hybridized carbons (Fsp3) is 0.600. The summed E-state index contributed by atoms with van der Waals surface area (Å²) in [6.07, 6.45) is 2.81. The molecule has 1 N–H and O–H groups in total. The van der Waals surface area contributed by atoms with Crippen molar-refractivity contribution in [3.8, 4) is 0 Å². The van der Waals surface area contributed by atoms with E-state index < -0.39 is 11.1 Å². The van der Waals surface area contributed by atoms with Gasteiger partial charge in [0.15, 0.2) is 5.82 Å². The van der Waals surface area contributed by atoms with Crippen LogP contribution in [0.25, 0.3) is 0 Å². The normalized spacial score (nSPS) is 30.6. The fourth-order valence-electron chi connectivity index (χ4n) is 1.68. The molecule has 0 amide bonds. The highest BCUT2D eigenvalue weighted by Gasteiger charge is 2.57. The molecule has 0 aromatic rings. The third-order valence-electron chi connectivity index (χ3n) is 3.62. The van der Waals surface area contributed by atoms with Crippen LogP contribution in [0.3, 0.4) is 0 Å². The van der Waals surface area contributed by atoms with Crippen molar-refractivity contribution in [2.45, 2.75) is 38.8 Å². The molecule has 2 aliphatic rings. The minimum atomic E-state index is -0.740. The molecule has 1 fully saturated rings. The van der Waals surface area contributed by atoms with E-state index in [4.69, 9.17) is 0 Å². The molecule has 0 bridgehead atoms. The first-order valence-electron chi connectivity index (χ1n) is 5.06. The average molecular weight is 223 g/mol. The molecule has 0 unspecified atom stereocenters. The van der Waals surface area contributed by atoms with Crippen LogP contribution >= 0.6 is 0 Å². The van der Waals surface area contributed by atoms with Gasteiger partial charge < -0.3 is 0 Å². The second kappa shape index (κ2) is 3.05. The summed E-state index contributed by atoms with van der Waals surface area (Å²) in [6.45, 7) is 7.18. The first-order valence-corrected chi connectivity index (χ1v) is 5.06. The van der Waals surface area contributed by atoms with Gasteiger partial charge in [-0.05, 0) is 27.7 Å². The highest BCUT2D eigenvalue weighted by atomic mass is 16.6. The number of hydroxylamine groups is 4. The molecule has 0 aromatic carbocycles. The van der Waals surface area contributed by atoms with E-state index in [2.05, 4.69) is 9.98 Å². The van der Waals surface area contributed by atoms with Gasteiger partial charge in [0.2, 0.25) is 0 Å². The number of nitrogens with zero attached hydrogens (tertiary/aromatic N) is 4. The van der Waals surface area contributed by atoms with E-state index in [1.807, 2.05) is 0 Å². The molecule has 0 aromatic heterocycles. The molecule has 6 heteroatoms. The quantitative estimate of drug-likeness (QED) is 0.670. The number of allylic oxidation sites excluding steroid dienone is 1. The molecule has 87 valence electrons. The largest absolute Gasteiger partial charge is 0.286 e. The Morgan fingerprint density at radius 1 is 1.25 bits per heavy atom. The van der Waals surface area contributed by atoms with Crippen LogP contribution in [0, 0.1) is 0 Å². The molecular weight excluding hydrogens is 208 g/mol. The Morgan fingerprint density at radius 3 is 2.25 bits per heavy atom. The lowest BCUT2D eigenvalue weighted by atomic mass is 9.84. The Labute approximate surface area is 94.1 Å². The van der Waals surface area contributed by atoms with E-state index in [9.17, 15) is 10.4 Å². The van der Waals surface area contributed by atoms with Crippen molar-refractivity contribution in [1.82, 2.24) is 10.1 Å². The lowest BCUT2D eigenvalue weighted by Crippen LogP contribution is -2.52. The first-order chi connectivity index (χ1) is 7.30. The second-order valence-electron chi connectivity index (χ2n) is 4.96. The van der Waals surface area contributed by atoms with Crippen molar-refractivity contribution in [2.24, 2.45) is 9.98 Å². The first kappa shape index (κ1) is 11.1. The third-order valence-corrected chi connectivity index (χ3v) is 3.62. The van der Waals surface area contributed by atoms with Crippen molar-refractivity contribution in [1.29, 1.82) is 0 Å². The zero-order valence-corrected chi connectivity index (χ0v) is 9.80. The van der Waals surface area contributed by atoms with Gasteiger partial charge in [-0.15, -0.1) is 0 Å². The smallest absolute Gasteiger partial charge is 0.184 e. The van der Waals surface area contributed by atoms with Crippen molar-refractivity contribution >= 4 is 12.6 Å². The standard InChI is InChI=1S/C10H15N4O2/c1-9(2)10(3,4)14(16)8(13(9)15)7-5-11-6-12-7/h5-6,15H,1-4H3/b8-7+. The summed E-state index contributed by atoms with van der Waals surface area (Å²) in [5.41, 5.74) is -1.05. The van der Waals surface area contributed by atoms with Crippen molar-refractivity contribution in [3.05, 3.63) is 11.5 Å². The van der Waals surface area contributed by atoms with E-state index in [0.29, 0.717) is 5.70 Å². The van der Waals surface area contributed by atoms with Crippen molar-refractivity contribution in [2.75, 3.05) is 0 Å². The fourth-order valence-corrected chi connectivity index (χ4v) is 1.68. The maximum absolute atomic E-state index is 12.2. The zero-order valence-electron chi connectivity index (χ0n) is 9.80. The Morgan fingerprint density at radius 2 is 1.88 bits per heavy atom. The summed E-state index contributed by atoms with van der Waals surface area (Å²) in [5, 5.41) is 24.0. The van der Waals surface area contributed by atoms with Crippen LogP contribution in [0.5, 0.6) is 0 Å². The average Bonchev–Trinajstić information content (AvgIpc) is 2.73. The highest BCUT2D eigenvalue weighted by Crippen LogP contribution is 2.44. The predicted octanol–water partition coefficient (Wildman–Crippen LogP) is 1.18. The molecule has 6 nitrogen and oxygen atoms in total. The van der Waals surface area contributed by atoms with Gasteiger partial charge in [-0.3, -0.25) is 5.21 Å². The number of rotatable bonds is 0. The summed E-state index contributed by atoms with van der Waals surface area (Å²) in [7, 11) is 0. The molecule has 2 heterocycles. The summed E-state index contributed by atoms with van der Waals surface area (Å²) in [5.74, 6) is 0.146. The Hall–Kier alpha value is -1.40. The van der Waals surface area contributed by atoms with Crippen LogP contribution < -0.4 is 0 Å². The molecule has 0 atom stereocenters. The molecule has 2 aliphatic heterocycles. The highest BCUT2D eigenvalue weighted by molar-refractivity contribution is 5.92. The van der Waals surface area contributed by atoms with Crippen LogP contribution in [0.1, 0.15) is 27.7 Å². The van der Waals surface area contributed by atoms with Gasteiger partial charge in [0, 0.05) is 0 Å². The maximum atomic E-state index is 12.2. The topological polar surface area (TPSA) is 71.3 Å².